The number of sulfonamides is 1. The molecule has 214 valence electrons. The zero-order valence-electron chi connectivity index (χ0n) is 22.6. The van der Waals surface area contributed by atoms with Gasteiger partial charge in [0.2, 0.25) is 10.0 Å². The first-order valence-electron chi connectivity index (χ1n) is 13.6. The van der Waals surface area contributed by atoms with Gasteiger partial charge < -0.3 is 24.2 Å². The summed E-state index contributed by atoms with van der Waals surface area (Å²) in [4.78, 5) is 16.5. The Balaban J connectivity index is 1.78. The molecule has 0 atom stereocenters. The molecule has 0 bridgehead atoms. The molecule has 2 aliphatic heterocycles. The number of ether oxygens (including phenoxy) is 3. The SMILES string of the molecule is CCCCN(CCN1CCOCC1)c1cc(C(=O)O)cc(S(=O)(=O)N2CCOCC2)c1OCc1ccccc1. The van der Waals surface area contributed by atoms with Crippen LogP contribution in [0.1, 0.15) is 35.7 Å². The second-order valence-corrected chi connectivity index (χ2v) is 11.6. The van der Waals surface area contributed by atoms with Gasteiger partial charge in [0, 0.05) is 45.8 Å². The van der Waals surface area contributed by atoms with Gasteiger partial charge in [-0.2, -0.15) is 4.31 Å². The predicted octanol–water partition coefficient (Wildman–Crippen LogP) is 2.92. The Morgan fingerprint density at radius 2 is 1.67 bits per heavy atom. The number of unbranched alkanes of at least 4 members (excludes halogenated alkanes) is 1. The van der Waals surface area contributed by atoms with Gasteiger partial charge in [-0.25, -0.2) is 13.2 Å². The summed E-state index contributed by atoms with van der Waals surface area (Å²) in [5.74, 6) is -0.999. The van der Waals surface area contributed by atoms with E-state index in [1.165, 1.54) is 10.4 Å². The third kappa shape index (κ3) is 7.70. The number of carbonyl (C=O) groups is 1. The quantitative estimate of drug-likeness (QED) is 0.395. The molecular weight excluding hydrogens is 522 g/mol. The van der Waals surface area contributed by atoms with Crippen molar-refractivity contribution in [2.75, 3.05) is 77.1 Å². The van der Waals surface area contributed by atoms with Gasteiger partial charge in [0.25, 0.3) is 0 Å². The summed E-state index contributed by atoms with van der Waals surface area (Å²) in [6, 6.07) is 12.3. The molecule has 11 heteroatoms. The molecule has 2 aliphatic rings. The normalized spacial score (nSPS) is 17.2. The van der Waals surface area contributed by atoms with Crippen LogP contribution in [0.5, 0.6) is 5.75 Å². The number of morpholine rings is 2. The van der Waals surface area contributed by atoms with E-state index in [4.69, 9.17) is 14.2 Å². The number of aromatic carboxylic acids is 1. The molecule has 0 aliphatic carbocycles. The van der Waals surface area contributed by atoms with E-state index in [0.29, 0.717) is 32.0 Å². The van der Waals surface area contributed by atoms with Gasteiger partial charge >= 0.3 is 5.97 Å². The molecule has 2 heterocycles. The van der Waals surface area contributed by atoms with Gasteiger partial charge in [0.05, 0.1) is 37.7 Å². The molecule has 2 aromatic rings. The van der Waals surface area contributed by atoms with Crippen molar-refractivity contribution in [3.05, 3.63) is 53.6 Å². The van der Waals surface area contributed by atoms with Crippen molar-refractivity contribution in [3.63, 3.8) is 0 Å². The van der Waals surface area contributed by atoms with E-state index < -0.39 is 16.0 Å². The van der Waals surface area contributed by atoms with Crippen LogP contribution in [0.15, 0.2) is 47.4 Å². The van der Waals surface area contributed by atoms with E-state index in [-0.39, 0.29) is 49.1 Å². The number of hydrogen-bond donors (Lipinski definition) is 1. The Bertz CT molecular complexity index is 1180. The summed E-state index contributed by atoms with van der Waals surface area (Å²) in [7, 11) is -4.05. The Hall–Kier alpha value is -2.70. The number of rotatable bonds is 13. The zero-order valence-corrected chi connectivity index (χ0v) is 23.4. The van der Waals surface area contributed by atoms with Crippen molar-refractivity contribution >= 4 is 21.7 Å². The van der Waals surface area contributed by atoms with Crippen LogP contribution < -0.4 is 9.64 Å². The summed E-state index contributed by atoms with van der Waals surface area (Å²) in [5, 5.41) is 9.99. The van der Waals surface area contributed by atoms with Crippen LogP contribution in [0.25, 0.3) is 0 Å². The van der Waals surface area contributed by atoms with Gasteiger partial charge in [0.1, 0.15) is 11.5 Å². The maximum Gasteiger partial charge on any atom is 0.335 e. The van der Waals surface area contributed by atoms with Crippen LogP contribution in [0, 0.1) is 0 Å². The molecule has 2 saturated heterocycles. The Morgan fingerprint density at radius 3 is 2.31 bits per heavy atom. The molecule has 1 N–H and O–H groups in total. The van der Waals surface area contributed by atoms with E-state index >= 15 is 0 Å². The van der Waals surface area contributed by atoms with E-state index in [0.717, 1.165) is 38.0 Å². The third-order valence-electron chi connectivity index (χ3n) is 7.01. The van der Waals surface area contributed by atoms with Gasteiger partial charge in [-0.1, -0.05) is 43.7 Å². The summed E-state index contributed by atoms with van der Waals surface area (Å²) >= 11 is 0. The van der Waals surface area contributed by atoms with Crippen LogP contribution in [0.3, 0.4) is 0 Å². The molecule has 0 radical (unpaired) electrons. The number of carboxylic acid groups (broad SMARTS) is 1. The minimum absolute atomic E-state index is 0.0863. The number of hydrogen-bond acceptors (Lipinski definition) is 8. The van der Waals surface area contributed by atoms with Crippen LogP contribution in [0.2, 0.25) is 0 Å². The number of nitrogens with zero attached hydrogens (tertiary/aromatic N) is 3. The fourth-order valence-electron chi connectivity index (χ4n) is 4.73. The predicted molar refractivity (Wildman–Crippen MR) is 148 cm³/mol. The first kappa shape index (κ1) is 29.3. The summed E-state index contributed by atoms with van der Waals surface area (Å²) in [5.41, 5.74) is 1.28. The molecule has 0 amide bonds. The molecule has 4 rings (SSSR count). The van der Waals surface area contributed by atoms with Crippen LogP contribution in [-0.4, -0.2) is 101 Å². The van der Waals surface area contributed by atoms with Crippen molar-refractivity contribution in [1.29, 1.82) is 0 Å². The van der Waals surface area contributed by atoms with Crippen molar-refractivity contribution in [2.45, 2.75) is 31.3 Å². The van der Waals surface area contributed by atoms with Crippen LogP contribution in [-0.2, 0) is 26.1 Å². The minimum Gasteiger partial charge on any atom is -0.485 e. The highest BCUT2D eigenvalue weighted by Crippen LogP contribution is 2.39. The summed E-state index contributed by atoms with van der Waals surface area (Å²) < 4.78 is 46.4. The maximum absolute atomic E-state index is 13.9. The van der Waals surface area contributed by atoms with Crippen molar-refractivity contribution in [2.24, 2.45) is 0 Å². The largest absolute Gasteiger partial charge is 0.485 e. The van der Waals surface area contributed by atoms with E-state index in [1.807, 2.05) is 30.3 Å². The van der Waals surface area contributed by atoms with Gasteiger partial charge in [0.15, 0.2) is 5.75 Å². The molecule has 39 heavy (non-hydrogen) atoms. The van der Waals surface area contributed by atoms with E-state index in [2.05, 4.69) is 16.7 Å². The first-order valence-corrected chi connectivity index (χ1v) is 15.0. The second-order valence-electron chi connectivity index (χ2n) is 9.71. The average Bonchev–Trinajstić information content (AvgIpc) is 2.97. The number of anilines is 1. The van der Waals surface area contributed by atoms with E-state index in [9.17, 15) is 18.3 Å². The molecule has 2 fully saturated rings. The second kappa shape index (κ2) is 14.1. The third-order valence-corrected chi connectivity index (χ3v) is 8.91. The maximum atomic E-state index is 13.9. The lowest BCUT2D eigenvalue weighted by Gasteiger charge is -2.33. The highest BCUT2D eigenvalue weighted by molar-refractivity contribution is 7.89. The molecule has 0 unspecified atom stereocenters. The Kier molecular flexibility index (Phi) is 10.6. The zero-order chi connectivity index (χ0) is 27.7. The van der Waals surface area contributed by atoms with Crippen molar-refractivity contribution < 1.29 is 32.5 Å². The molecular formula is C28H39N3O7S. The average molecular weight is 562 g/mol. The lowest BCUT2D eigenvalue weighted by atomic mass is 10.1. The van der Waals surface area contributed by atoms with Gasteiger partial charge in [-0.3, -0.25) is 4.90 Å². The fraction of sp³-hybridized carbons (Fsp3) is 0.536. The number of carboxylic acids is 1. The molecule has 0 spiro atoms. The molecule has 10 nitrogen and oxygen atoms in total. The minimum atomic E-state index is -4.05. The van der Waals surface area contributed by atoms with Crippen LogP contribution in [0.4, 0.5) is 5.69 Å². The van der Waals surface area contributed by atoms with Gasteiger partial charge in [-0.15, -0.1) is 0 Å². The topological polar surface area (TPSA) is 109 Å². The van der Waals surface area contributed by atoms with Crippen molar-refractivity contribution in [3.8, 4) is 5.75 Å². The lowest BCUT2D eigenvalue weighted by molar-refractivity contribution is 0.0391. The fourth-order valence-corrected chi connectivity index (χ4v) is 6.31. The number of benzene rings is 2. The Labute approximate surface area is 231 Å². The van der Waals surface area contributed by atoms with Crippen LogP contribution >= 0.6 is 0 Å². The standard InChI is InChI=1S/C28H39N3O7S/c1-2-3-9-30(11-10-29-12-16-36-17-13-29)25-20-24(28(32)33)21-26(39(34,35)31-14-18-37-19-15-31)27(25)38-22-23-7-5-4-6-8-23/h4-8,20-21H,2-3,9-19,22H2,1H3,(H,32,33). The highest BCUT2D eigenvalue weighted by Gasteiger charge is 2.33. The van der Waals surface area contributed by atoms with E-state index in [1.54, 1.807) is 6.07 Å². The highest BCUT2D eigenvalue weighted by atomic mass is 32.2. The molecule has 0 aromatic heterocycles. The molecule has 0 saturated carbocycles. The monoisotopic (exact) mass is 561 g/mol. The molecule has 2 aromatic carbocycles. The lowest BCUT2D eigenvalue weighted by Crippen LogP contribution is -2.42. The van der Waals surface area contributed by atoms with Crippen molar-refractivity contribution in [1.82, 2.24) is 9.21 Å². The van der Waals surface area contributed by atoms with Gasteiger partial charge in [-0.05, 0) is 24.1 Å². The first-order chi connectivity index (χ1) is 18.9. The smallest absolute Gasteiger partial charge is 0.335 e. The summed E-state index contributed by atoms with van der Waals surface area (Å²) in [6.45, 7) is 8.20. The summed E-state index contributed by atoms with van der Waals surface area (Å²) in [6.07, 6.45) is 1.80. The Morgan fingerprint density at radius 1 is 1.00 bits per heavy atom.